The summed E-state index contributed by atoms with van der Waals surface area (Å²) in [4.78, 5) is 28.6. The zero-order chi connectivity index (χ0) is 27.1. The zero-order valence-electron chi connectivity index (χ0n) is 20.8. The molecule has 1 atom stereocenters. The van der Waals surface area contributed by atoms with Crippen molar-refractivity contribution < 1.29 is 14.3 Å². The van der Waals surface area contributed by atoms with Crippen molar-refractivity contribution in [1.82, 2.24) is 10.2 Å². The normalized spacial score (nSPS) is 11.7. The fourth-order valence-corrected chi connectivity index (χ4v) is 5.16. The molecule has 0 fully saturated rings. The molecule has 0 aromatic heterocycles. The number of fused-ring (bicyclic) bond motifs is 1. The van der Waals surface area contributed by atoms with Crippen LogP contribution in [-0.4, -0.2) is 35.9 Å². The second-order valence-corrected chi connectivity index (χ2v) is 10.4. The molecule has 0 radical (unpaired) electrons. The van der Waals surface area contributed by atoms with E-state index in [0.717, 1.165) is 26.4 Å². The first kappa shape index (κ1) is 28.0. The van der Waals surface area contributed by atoms with Crippen LogP contribution in [0.1, 0.15) is 18.1 Å². The van der Waals surface area contributed by atoms with E-state index in [4.69, 9.17) is 27.9 Å². The van der Waals surface area contributed by atoms with E-state index in [9.17, 15) is 9.59 Å². The van der Waals surface area contributed by atoms with Crippen molar-refractivity contribution in [1.29, 1.82) is 0 Å². The van der Waals surface area contributed by atoms with Crippen LogP contribution in [0.5, 0.6) is 5.75 Å². The maximum Gasteiger partial charge on any atom is 0.261 e. The number of nitrogens with one attached hydrogen (secondary N) is 1. The fourth-order valence-electron chi connectivity index (χ4n) is 4.23. The highest BCUT2D eigenvalue weighted by Crippen LogP contribution is 2.33. The molecular weight excluding hydrogens is 587 g/mol. The largest absolute Gasteiger partial charge is 0.483 e. The van der Waals surface area contributed by atoms with Crippen LogP contribution in [0, 0.1) is 0 Å². The molecule has 4 aromatic rings. The Morgan fingerprint density at radius 3 is 2.39 bits per heavy atom. The van der Waals surface area contributed by atoms with Crippen LogP contribution >= 0.6 is 39.1 Å². The Kier molecular flexibility index (Phi) is 9.67. The van der Waals surface area contributed by atoms with Crippen LogP contribution in [0.2, 0.25) is 10.0 Å². The second kappa shape index (κ2) is 13.1. The summed E-state index contributed by atoms with van der Waals surface area (Å²) in [6, 6.07) is 25.7. The van der Waals surface area contributed by atoms with Gasteiger partial charge in [-0.05, 0) is 63.0 Å². The first-order chi connectivity index (χ1) is 18.4. The van der Waals surface area contributed by atoms with Gasteiger partial charge < -0.3 is 15.0 Å². The summed E-state index contributed by atoms with van der Waals surface area (Å²) in [5.41, 5.74) is 1.69. The molecule has 0 bridgehead atoms. The Morgan fingerprint density at radius 2 is 1.66 bits per heavy atom. The van der Waals surface area contributed by atoms with Gasteiger partial charge in [0.25, 0.3) is 5.91 Å². The van der Waals surface area contributed by atoms with Crippen molar-refractivity contribution in [2.45, 2.75) is 25.9 Å². The van der Waals surface area contributed by atoms with E-state index < -0.39 is 6.04 Å². The molecule has 0 spiro atoms. The number of nitrogens with zero attached hydrogens (tertiary/aromatic N) is 1. The van der Waals surface area contributed by atoms with Crippen molar-refractivity contribution in [3.05, 3.63) is 111 Å². The van der Waals surface area contributed by atoms with Crippen molar-refractivity contribution in [3.8, 4) is 5.75 Å². The molecule has 5 nitrogen and oxygen atoms in total. The van der Waals surface area contributed by atoms with Gasteiger partial charge in [-0.15, -0.1) is 0 Å². The van der Waals surface area contributed by atoms with E-state index in [0.29, 0.717) is 28.8 Å². The number of carbonyl (C=O) groups excluding carboxylic acids is 2. The maximum absolute atomic E-state index is 13.7. The predicted octanol–water partition coefficient (Wildman–Crippen LogP) is 7.06. The Morgan fingerprint density at radius 1 is 0.921 bits per heavy atom. The van der Waals surface area contributed by atoms with E-state index in [1.54, 1.807) is 23.1 Å². The van der Waals surface area contributed by atoms with Crippen molar-refractivity contribution >= 4 is 61.7 Å². The molecule has 0 aliphatic rings. The maximum atomic E-state index is 13.7. The van der Waals surface area contributed by atoms with Crippen molar-refractivity contribution in [3.63, 3.8) is 0 Å². The van der Waals surface area contributed by atoms with Crippen LogP contribution in [0.15, 0.2) is 89.4 Å². The van der Waals surface area contributed by atoms with Crippen molar-refractivity contribution in [2.75, 3.05) is 13.2 Å². The molecule has 0 aliphatic carbocycles. The van der Waals surface area contributed by atoms with Gasteiger partial charge in [0, 0.05) is 19.5 Å². The third-order valence-corrected chi connectivity index (χ3v) is 7.70. The molecule has 38 heavy (non-hydrogen) atoms. The molecule has 0 unspecified atom stereocenters. The van der Waals surface area contributed by atoms with Crippen LogP contribution in [0.3, 0.4) is 0 Å². The summed E-state index contributed by atoms with van der Waals surface area (Å²) in [5.74, 6) is -0.0240. The number of halogens is 3. The highest BCUT2D eigenvalue weighted by Gasteiger charge is 2.30. The molecule has 4 aromatic carbocycles. The van der Waals surface area contributed by atoms with Gasteiger partial charge in [-0.3, -0.25) is 9.59 Å². The molecule has 0 saturated carbocycles. The summed E-state index contributed by atoms with van der Waals surface area (Å²) in [6.07, 6.45) is 0.347. The molecule has 0 heterocycles. The smallest absolute Gasteiger partial charge is 0.261 e. The van der Waals surface area contributed by atoms with E-state index in [-0.39, 0.29) is 25.0 Å². The van der Waals surface area contributed by atoms with Crippen LogP contribution in [-0.2, 0) is 22.6 Å². The monoisotopic (exact) mass is 612 g/mol. The topological polar surface area (TPSA) is 58.6 Å². The van der Waals surface area contributed by atoms with Gasteiger partial charge in [0.1, 0.15) is 11.8 Å². The zero-order valence-corrected chi connectivity index (χ0v) is 23.9. The van der Waals surface area contributed by atoms with Crippen molar-refractivity contribution in [2.24, 2.45) is 0 Å². The van der Waals surface area contributed by atoms with Gasteiger partial charge in [-0.2, -0.15) is 0 Å². The van der Waals surface area contributed by atoms with Gasteiger partial charge >= 0.3 is 0 Å². The minimum absolute atomic E-state index is 0.159. The Bertz CT molecular complexity index is 1430. The molecule has 4 rings (SSSR count). The van der Waals surface area contributed by atoms with Gasteiger partial charge in [0.15, 0.2) is 6.61 Å². The SMILES string of the molecule is CCNC(=O)[C@H](Cc1ccccc1)N(Cc1ccc(Cl)c(Cl)c1)C(=O)COc1ccc2ccccc2c1Br. The number of benzene rings is 4. The number of rotatable bonds is 10. The molecule has 1 N–H and O–H groups in total. The lowest BCUT2D eigenvalue weighted by Crippen LogP contribution is -2.51. The van der Waals surface area contributed by atoms with Crippen LogP contribution < -0.4 is 10.1 Å². The minimum atomic E-state index is -0.761. The van der Waals surface area contributed by atoms with Crippen LogP contribution in [0.25, 0.3) is 10.8 Å². The fraction of sp³-hybridized carbons (Fsp3) is 0.200. The quantitative estimate of drug-likeness (QED) is 0.208. The number of ether oxygens (including phenoxy) is 1. The molecule has 196 valence electrons. The number of hydrogen-bond acceptors (Lipinski definition) is 3. The summed E-state index contributed by atoms with van der Waals surface area (Å²) < 4.78 is 6.76. The lowest BCUT2D eigenvalue weighted by Gasteiger charge is -2.31. The average molecular weight is 614 g/mol. The number of likely N-dealkylation sites (N-methyl/N-ethyl adjacent to an activating group) is 1. The Hall–Kier alpha value is -3.06. The number of amides is 2. The second-order valence-electron chi connectivity index (χ2n) is 8.76. The van der Waals surface area contributed by atoms with E-state index in [2.05, 4.69) is 21.2 Å². The Balaban J connectivity index is 1.64. The average Bonchev–Trinajstić information content (AvgIpc) is 2.93. The predicted molar refractivity (Wildman–Crippen MR) is 157 cm³/mol. The highest BCUT2D eigenvalue weighted by molar-refractivity contribution is 9.10. The molecular formula is C30H27BrCl2N2O3. The first-order valence-corrected chi connectivity index (χ1v) is 13.8. The summed E-state index contributed by atoms with van der Waals surface area (Å²) in [5, 5.41) is 5.72. The molecule has 8 heteroatoms. The van der Waals surface area contributed by atoms with E-state index in [1.165, 1.54) is 0 Å². The van der Waals surface area contributed by atoms with E-state index >= 15 is 0 Å². The van der Waals surface area contributed by atoms with Gasteiger partial charge in [0.05, 0.1) is 14.5 Å². The summed E-state index contributed by atoms with van der Waals surface area (Å²) in [6.45, 7) is 2.21. The van der Waals surface area contributed by atoms with Gasteiger partial charge in [-0.1, -0.05) is 89.9 Å². The lowest BCUT2D eigenvalue weighted by molar-refractivity contribution is -0.142. The summed E-state index contributed by atoms with van der Waals surface area (Å²) >= 11 is 16.0. The van der Waals surface area contributed by atoms with Crippen LogP contribution in [0.4, 0.5) is 0 Å². The third kappa shape index (κ3) is 6.87. The number of hydrogen-bond donors (Lipinski definition) is 1. The van der Waals surface area contributed by atoms with Gasteiger partial charge in [-0.25, -0.2) is 0 Å². The first-order valence-electron chi connectivity index (χ1n) is 12.2. The molecule has 0 aliphatic heterocycles. The minimum Gasteiger partial charge on any atom is -0.483 e. The molecule has 0 saturated heterocycles. The lowest BCUT2D eigenvalue weighted by atomic mass is 10.0. The standard InChI is InChI=1S/C30H27BrCl2N2O3/c1-2-34-30(37)26(17-20-8-4-3-5-9-20)35(18-21-12-14-24(32)25(33)16-21)28(36)19-38-27-15-13-22-10-6-7-11-23(22)29(27)31/h3-16,26H,2,17-19H2,1H3,(H,34,37)/t26-/m0/s1. The Labute approximate surface area is 240 Å². The number of carbonyl (C=O) groups is 2. The third-order valence-electron chi connectivity index (χ3n) is 6.14. The molecule has 2 amide bonds. The summed E-state index contributed by atoms with van der Waals surface area (Å²) in [7, 11) is 0. The van der Waals surface area contributed by atoms with Gasteiger partial charge in [0.2, 0.25) is 5.91 Å². The highest BCUT2D eigenvalue weighted by atomic mass is 79.9. The van der Waals surface area contributed by atoms with E-state index in [1.807, 2.05) is 73.7 Å².